The van der Waals surface area contributed by atoms with Crippen molar-refractivity contribution < 1.29 is 0 Å². The van der Waals surface area contributed by atoms with Crippen LogP contribution in [0.15, 0.2) is 12.1 Å². The topological polar surface area (TPSA) is 0 Å². The third-order valence-corrected chi connectivity index (χ3v) is 3.66. The molecule has 0 nitrogen and oxygen atoms in total. The largest absolute Gasteiger partial charge is 0.0558 e. The zero-order valence-electron chi connectivity index (χ0n) is 8.27. The minimum atomic E-state index is 0.930. The van der Waals surface area contributed by atoms with Gasteiger partial charge < -0.3 is 0 Å². The van der Waals surface area contributed by atoms with E-state index < -0.39 is 0 Å². The van der Waals surface area contributed by atoms with E-state index in [0.29, 0.717) is 0 Å². The summed E-state index contributed by atoms with van der Waals surface area (Å²) in [6.07, 6.45) is 6.96. The maximum Gasteiger partial charge on any atom is -0.0153 e. The van der Waals surface area contributed by atoms with Gasteiger partial charge in [0.2, 0.25) is 0 Å². The first-order valence-electron chi connectivity index (χ1n) is 5.47. The minimum Gasteiger partial charge on any atom is -0.0558 e. The molecule has 0 fully saturated rings. The summed E-state index contributed by atoms with van der Waals surface area (Å²) >= 11 is 0. The van der Waals surface area contributed by atoms with Crippen molar-refractivity contribution in [2.24, 2.45) is 0 Å². The van der Waals surface area contributed by atoms with Crippen LogP contribution in [0.2, 0.25) is 0 Å². The Morgan fingerprint density at radius 3 is 2.69 bits per heavy atom. The lowest BCUT2D eigenvalue weighted by molar-refractivity contribution is 0.555. The number of benzene rings is 1. The molecule has 13 heavy (non-hydrogen) atoms. The summed E-state index contributed by atoms with van der Waals surface area (Å²) in [5.74, 6) is 0.930. The standard InChI is InChI=1S/C13H16/c1-9-7-11-4-2-3-10-5-6-12(8-9)13(10)11/h7-8,10H,2-6H2,1H3. The molecule has 1 atom stereocenters. The minimum absolute atomic E-state index is 0.930. The summed E-state index contributed by atoms with van der Waals surface area (Å²) in [6.45, 7) is 2.23. The Bertz CT molecular complexity index is 349. The fourth-order valence-electron chi connectivity index (χ4n) is 3.19. The lowest BCUT2D eigenvalue weighted by Crippen LogP contribution is -2.06. The molecular formula is C13H16. The number of hydrogen-bond acceptors (Lipinski definition) is 0. The van der Waals surface area contributed by atoms with E-state index in [0.717, 1.165) is 5.92 Å². The molecule has 1 aromatic carbocycles. The van der Waals surface area contributed by atoms with Crippen LogP contribution < -0.4 is 0 Å². The second kappa shape index (κ2) is 2.60. The molecule has 1 unspecified atom stereocenters. The summed E-state index contributed by atoms with van der Waals surface area (Å²) in [6, 6.07) is 4.82. The number of rotatable bonds is 0. The van der Waals surface area contributed by atoms with E-state index in [4.69, 9.17) is 0 Å². The highest BCUT2D eigenvalue weighted by molar-refractivity contribution is 5.45. The highest BCUT2D eigenvalue weighted by Gasteiger charge is 2.27. The van der Waals surface area contributed by atoms with Crippen LogP contribution >= 0.6 is 0 Å². The summed E-state index contributed by atoms with van der Waals surface area (Å²) in [7, 11) is 0. The second-order valence-electron chi connectivity index (χ2n) is 4.62. The van der Waals surface area contributed by atoms with E-state index in [1.54, 1.807) is 16.7 Å². The van der Waals surface area contributed by atoms with Crippen molar-refractivity contribution in [2.45, 2.75) is 44.9 Å². The third-order valence-electron chi connectivity index (χ3n) is 3.66. The molecule has 0 heterocycles. The van der Waals surface area contributed by atoms with Gasteiger partial charge in [0, 0.05) is 0 Å². The normalized spacial score (nSPS) is 24.5. The lowest BCUT2D eigenvalue weighted by atomic mass is 9.83. The second-order valence-corrected chi connectivity index (χ2v) is 4.62. The van der Waals surface area contributed by atoms with Crippen LogP contribution in [-0.4, -0.2) is 0 Å². The highest BCUT2D eigenvalue weighted by Crippen LogP contribution is 2.42. The quantitative estimate of drug-likeness (QED) is 0.563. The summed E-state index contributed by atoms with van der Waals surface area (Å²) in [5.41, 5.74) is 6.55. The van der Waals surface area contributed by atoms with Crippen LogP contribution in [0.25, 0.3) is 0 Å². The fraction of sp³-hybridized carbons (Fsp3) is 0.538. The highest BCUT2D eigenvalue weighted by atomic mass is 14.3. The molecule has 2 aliphatic carbocycles. The van der Waals surface area contributed by atoms with Crippen LogP contribution in [0.1, 0.15) is 47.4 Å². The van der Waals surface area contributed by atoms with Gasteiger partial charge in [-0.25, -0.2) is 0 Å². The van der Waals surface area contributed by atoms with Crippen molar-refractivity contribution in [3.63, 3.8) is 0 Å². The Labute approximate surface area is 80.0 Å². The Morgan fingerprint density at radius 1 is 1.08 bits per heavy atom. The Balaban J connectivity index is 2.23. The van der Waals surface area contributed by atoms with E-state index in [-0.39, 0.29) is 0 Å². The van der Waals surface area contributed by atoms with Crippen LogP contribution in [-0.2, 0) is 12.8 Å². The molecule has 2 aliphatic rings. The SMILES string of the molecule is Cc1cc2c3c(c1)CCC3CCC2. The van der Waals surface area contributed by atoms with Gasteiger partial charge in [-0.05, 0) is 61.6 Å². The van der Waals surface area contributed by atoms with Crippen molar-refractivity contribution in [2.75, 3.05) is 0 Å². The van der Waals surface area contributed by atoms with E-state index >= 15 is 0 Å². The molecule has 3 rings (SSSR count). The van der Waals surface area contributed by atoms with Gasteiger partial charge >= 0.3 is 0 Å². The molecule has 0 aromatic heterocycles. The van der Waals surface area contributed by atoms with Gasteiger partial charge in [0.15, 0.2) is 0 Å². The van der Waals surface area contributed by atoms with Crippen molar-refractivity contribution in [3.05, 3.63) is 34.4 Å². The first kappa shape index (κ1) is 7.61. The van der Waals surface area contributed by atoms with E-state index in [9.17, 15) is 0 Å². The van der Waals surface area contributed by atoms with E-state index in [2.05, 4.69) is 19.1 Å². The Kier molecular flexibility index (Phi) is 1.52. The molecule has 0 N–H and O–H groups in total. The zero-order chi connectivity index (χ0) is 8.84. The van der Waals surface area contributed by atoms with Gasteiger partial charge in [0.1, 0.15) is 0 Å². The number of hydrogen-bond donors (Lipinski definition) is 0. The van der Waals surface area contributed by atoms with Gasteiger partial charge in [-0.2, -0.15) is 0 Å². The first-order chi connectivity index (χ1) is 6.34. The Hall–Kier alpha value is -0.780. The average Bonchev–Trinajstić information content (AvgIpc) is 2.50. The van der Waals surface area contributed by atoms with Crippen molar-refractivity contribution >= 4 is 0 Å². The van der Waals surface area contributed by atoms with E-state index in [1.807, 2.05) is 0 Å². The molecule has 0 heteroatoms. The van der Waals surface area contributed by atoms with Gasteiger partial charge in [0.25, 0.3) is 0 Å². The van der Waals surface area contributed by atoms with Gasteiger partial charge in [0.05, 0.1) is 0 Å². The molecule has 1 aromatic rings. The van der Waals surface area contributed by atoms with Crippen LogP contribution in [0, 0.1) is 6.92 Å². The fourth-order valence-corrected chi connectivity index (χ4v) is 3.19. The van der Waals surface area contributed by atoms with Crippen LogP contribution in [0.5, 0.6) is 0 Å². The van der Waals surface area contributed by atoms with Crippen molar-refractivity contribution in [3.8, 4) is 0 Å². The number of aryl methyl sites for hydroxylation is 3. The summed E-state index contributed by atoms with van der Waals surface area (Å²) in [4.78, 5) is 0. The predicted octanol–water partition coefficient (Wildman–Crippen LogP) is 3.36. The zero-order valence-corrected chi connectivity index (χ0v) is 8.27. The maximum atomic E-state index is 2.41. The smallest absolute Gasteiger partial charge is 0.0153 e. The summed E-state index contributed by atoms with van der Waals surface area (Å²) < 4.78 is 0. The molecule has 0 saturated carbocycles. The molecular weight excluding hydrogens is 156 g/mol. The molecule has 68 valence electrons. The summed E-state index contributed by atoms with van der Waals surface area (Å²) in [5, 5.41) is 0. The van der Waals surface area contributed by atoms with Crippen molar-refractivity contribution in [1.29, 1.82) is 0 Å². The first-order valence-corrected chi connectivity index (χ1v) is 5.47. The van der Waals surface area contributed by atoms with Crippen LogP contribution in [0.4, 0.5) is 0 Å². The monoisotopic (exact) mass is 172 g/mol. The molecule has 0 spiro atoms. The van der Waals surface area contributed by atoms with E-state index in [1.165, 1.54) is 37.7 Å². The van der Waals surface area contributed by atoms with Gasteiger partial charge in [-0.3, -0.25) is 0 Å². The van der Waals surface area contributed by atoms with Crippen molar-refractivity contribution in [1.82, 2.24) is 0 Å². The molecule has 0 bridgehead atoms. The molecule has 0 radical (unpaired) electrons. The van der Waals surface area contributed by atoms with Gasteiger partial charge in [-0.1, -0.05) is 17.7 Å². The van der Waals surface area contributed by atoms with Crippen LogP contribution in [0.3, 0.4) is 0 Å². The third kappa shape index (κ3) is 1.04. The predicted molar refractivity (Wildman–Crippen MR) is 55.2 cm³/mol. The lowest BCUT2D eigenvalue weighted by Gasteiger charge is -2.22. The Morgan fingerprint density at radius 2 is 1.85 bits per heavy atom. The van der Waals surface area contributed by atoms with Gasteiger partial charge in [-0.15, -0.1) is 0 Å². The molecule has 0 aliphatic heterocycles. The maximum absolute atomic E-state index is 2.41. The molecule has 0 saturated heterocycles. The molecule has 0 amide bonds. The average molecular weight is 172 g/mol.